The number of piperazine rings is 1. The molecule has 5 heteroatoms. The number of nitrogens with one attached hydrogen (secondary N) is 1. The molecule has 0 amide bonds. The van der Waals surface area contributed by atoms with E-state index in [1.54, 1.807) is 11.3 Å². The van der Waals surface area contributed by atoms with Crippen molar-refractivity contribution in [3.05, 3.63) is 45.0 Å². The summed E-state index contributed by atoms with van der Waals surface area (Å²) in [5.74, 6) is 1.02. The van der Waals surface area contributed by atoms with Crippen LogP contribution in [0, 0.1) is 0 Å². The van der Waals surface area contributed by atoms with E-state index in [0.29, 0.717) is 0 Å². The van der Waals surface area contributed by atoms with Crippen molar-refractivity contribution in [2.75, 3.05) is 26.2 Å². The molecule has 3 heterocycles. The average molecular weight is 327 g/mol. The Kier molecular flexibility index (Phi) is 3.84. The second-order valence-corrected chi connectivity index (χ2v) is 6.11. The van der Waals surface area contributed by atoms with Crippen molar-refractivity contribution in [2.24, 2.45) is 0 Å². The van der Waals surface area contributed by atoms with Gasteiger partial charge < -0.3 is 9.73 Å². The molecule has 1 aliphatic rings. The van der Waals surface area contributed by atoms with Gasteiger partial charge in [0.15, 0.2) is 4.67 Å². The molecule has 0 unspecified atom stereocenters. The monoisotopic (exact) mass is 326 g/mol. The lowest BCUT2D eigenvalue weighted by Crippen LogP contribution is -2.45. The third kappa shape index (κ3) is 2.54. The summed E-state index contributed by atoms with van der Waals surface area (Å²) in [6, 6.07) is 8.58. The van der Waals surface area contributed by atoms with Gasteiger partial charge >= 0.3 is 0 Å². The molecule has 18 heavy (non-hydrogen) atoms. The first kappa shape index (κ1) is 12.4. The number of halogens is 1. The second-order valence-electron chi connectivity index (χ2n) is 4.35. The van der Waals surface area contributed by atoms with Crippen LogP contribution in [0.5, 0.6) is 0 Å². The Morgan fingerprint density at radius 1 is 1.28 bits per heavy atom. The Morgan fingerprint density at radius 2 is 2.11 bits per heavy atom. The van der Waals surface area contributed by atoms with Crippen molar-refractivity contribution in [1.29, 1.82) is 0 Å². The number of hydrogen-bond acceptors (Lipinski definition) is 4. The van der Waals surface area contributed by atoms with Crippen LogP contribution in [0.25, 0.3) is 0 Å². The Bertz CT molecular complexity index is 491. The lowest BCUT2D eigenvalue weighted by atomic mass is 10.1. The Labute approximate surface area is 119 Å². The summed E-state index contributed by atoms with van der Waals surface area (Å²) < 4.78 is 6.58. The maximum atomic E-state index is 5.78. The first-order chi connectivity index (χ1) is 8.84. The summed E-state index contributed by atoms with van der Waals surface area (Å²) in [7, 11) is 0. The summed E-state index contributed by atoms with van der Waals surface area (Å²) in [4.78, 5) is 3.83. The largest absolute Gasteiger partial charge is 0.452 e. The predicted octanol–water partition coefficient (Wildman–Crippen LogP) is 3.10. The van der Waals surface area contributed by atoms with Gasteiger partial charge in [-0.15, -0.1) is 11.3 Å². The van der Waals surface area contributed by atoms with Gasteiger partial charge in [-0.05, 0) is 39.5 Å². The van der Waals surface area contributed by atoms with Crippen LogP contribution >= 0.6 is 27.3 Å². The smallest absolute Gasteiger partial charge is 0.169 e. The number of hydrogen-bond donors (Lipinski definition) is 1. The predicted molar refractivity (Wildman–Crippen MR) is 77.0 cm³/mol. The molecular formula is C13H15BrN2OS. The maximum absolute atomic E-state index is 5.78. The minimum absolute atomic E-state index is 0.249. The van der Waals surface area contributed by atoms with Crippen LogP contribution in [-0.4, -0.2) is 31.1 Å². The highest BCUT2D eigenvalue weighted by Crippen LogP contribution is 2.33. The highest BCUT2D eigenvalue weighted by atomic mass is 79.9. The highest BCUT2D eigenvalue weighted by molar-refractivity contribution is 9.10. The van der Waals surface area contributed by atoms with E-state index in [-0.39, 0.29) is 6.04 Å². The number of thiophene rings is 1. The van der Waals surface area contributed by atoms with Gasteiger partial charge in [0, 0.05) is 31.1 Å². The molecule has 0 aromatic carbocycles. The van der Waals surface area contributed by atoms with Gasteiger partial charge in [-0.1, -0.05) is 6.07 Å². The lowest BCUT2D eigenvalue weighted by Gasteiger charge is -2.33. The first-order valence-electron chi connectivity index (χ1n) is 6.08. The Balaban J connectivity index is 1.92. The molecule has 3 nitrogen and oxygen atoms in total. The summed E-state index contributed by atoms with van der Waals surface area (Å²) in [6.45, 7) is 4.20. The summed E-state index contributed by atoms with van der Waals surface area (Å²) >= 11 is 5.19. The molecule has 0 aliphatic carbocycles. The molecule has 0 spiro atoms. The average Bonchev–Trinajstić information content (AvgIpc) is 3.04. The number of rotatable bonds is 3. The van der Waals surface area contributed by atoms with E-state index in [2.05, 4.69) is 49.7 Å². The third-order valence-electron chi connectivity index (χ3n) is 3.19. The zero-order valence-electron chi connectivity index (χ0n) is 9.93. The van der Waals surface area contributed by atoms with E-state index in [4.69, 9.17) is 4.42 Å². The topological polar surface area (TPSA) is 28.4 Å². The van der Waals surface area contributed by atoms with Crippen molar-refractivity contribution < 1.29 is 4.42 Å². The van der Waals surface area contributed by atoms with Crippen LogP contribution in [0.3, 0.4) is 0 Å². The van der Waals surface area contributed by atoms with E-state index >= 15 is 0 Å². The number of furan rings is 1. The molecule has 0 radical (unpaired) electrons. The molecule has 2 aromatic heterocycles. The van der Waals surface area contributed by atoms with Crippen LogP contribution in [-0.2, 0) is 0 Å². The minimum atomic E-state index is 0.249. The van der Waals surface area contributed by atoms with E-state index in [9.17, 15) is 0 Å². The van der Waals surface area contributed by atoms with E-state index < -0.39 is 0 Å². The van der Waals surface area contributed by atoms with Crippen LogP contribution in [0.1, 0.15) is 16.7 Å². The molecular weight excluding hydrogens is 312 g/mol. The zero-order valence-corrected chi connectivity index (χ0v) is 12.3. The summed E-state index contributed by atoms with van der Waals surface area (Å²) in [5.41, 5.74) is 0. The molecule has 1 atom stereocenters. The van der Waals surface area contributed by atoms with Gasteiger partial charge in [-0.25, -0.2) is 0 Å². The minimum Gasteiger partial charge on any atom is -0.452 e. The van der Waals surface area contributed by atoms with Gasteiger partial charge in [0.2, 0.25) is 0 Å². The van der Waals surface area contributed by atoms with Crippen molar-refractivity contribution in [2.45, 2.75) is 6.04 Å². The van der Waals surface area contributed by atoms with E-state index in [1.807, 2.05) is 6.07 Å². The van der Waals surface area contributed by atoms with E-state index in [0.717, 1.165) is 36.6 Å². The van der Waals surface area contributed by atoms with Crippen LogP contribution in [0.2, 0.25) is 0 Å². The fraction of sp³-hybridized carbons (Fsp3) is 0.385. The molecule has 1 N–H and O–H groups in total. The fourth-order valence-corrected chi connectivity index (χ4v) is 3.55. The standard InChI is InChI=1S/C13H15BrN2OS/c14-12-4-3-10(17-12)13(11-2-1-9-18-11)16-7-5-15-6-8-16/h1-4,9,13,15H,5-8H2/t13-/m0/s1. The van der Waals surface area contributed by atoms with Crippen LogP contribution < -0.4 is 5.32 Å². The molecule has 2 aromatic rings. The molecule has 1 fully saturated rings. The fourth-order valence-electron chi connectivity index (χ4n) is 2.36. The normalized spacial score (nSPS) is 18.9. The Hall–Kier alpha value is -0.620. The highest BCUT2D eigenvalue weighted by Gasteiger charge is 2.27. The SMILES string of the molecule is Brc1ccc([C@@H](c2cccs2)N2CCNCC2)o1. The van der Waals surface area contributed by atoms with Gasteiger partial charge in [0.05, 0.1) is 0 Å². The first-order valence-corrected chi connectivity index (χ1v) is 7.75. The van der Waals surface area contributed by atoms with Crippen molar-refractivity contribution in [3.63, 3.8) is 0 Å². The molecule has 1 saturated heterocycles. The van der Waals surface area contributed by atoms with Crippen molar-refractivity contribution >= 4 is 27.3 Å². The molecule has 96 valence electrons. The third-order valence-corrected chi connectivity index (χ3v) is 4.54. The lowest BCUT2D eigenvalue weighted by molar-refractivity contribution is 0.181. The van der Waals surface area contributed by atoms with Gasteiger partial charge in [0.1, 0.15) is 11.8 Å². The van der Waals surface area contributed by atoms with Crippen molar-refractivity contribution in [1.82, 2.24) is 10.2 Å². The molecule has 0 bridgehead atoms. The zero-order chi connectivity index (χ0) is 12.4. The van der Waals surface area contributed by atoms with Crippen LogP contribution in [0.4, 0.5) is 0 Å². The van der Waals surface area contributed by atoms with Gasteiger partial charge in [-0.3, -0.25) is 4.90 Å². The molecule has 3 rings (SSSR count). The summed E-state index contributed by atoms with van der Waals surface area (Å²) in [6.07, 6.45) is 0. The maximum Gasteiger partial charge on any atom is 0.169 e. The number of nitrogens with zero attached hydrogens (tertiary/aromatic N) is 1. The van der Waals surface area contributed by atoms with Gasteiger partial charge in [0.25, 0.3) is 0 Å². The van der Waals surface area contributed by atoms with Gasteiger partial charge in [-0.2, -0.15) is 0 Å². The van der Waals surface area contributed by atoms with Crippen LogP contribution in [0.15, 0.2) is 38.7 Å². The Morgan fingerprint density at radius 3 is 2.72 bits per heavy atom. The molecule has 1 aliphatic heterocycles. The quantitative estimate of drug-likeness (QED) is 0.939. The van der Waals surface area contributed by atoms with E-state index in [1.165, 1.54) is 4.88 Å². The second kappa shape index (κ2) is 5.57. The summed E-state index contributed by atoms with van der Waals surface area (Å²) in [5, 5.41) is 5.52. The van der Waals surface area contributed by atoms with Crippen molar-refractivity contribution in [3.8, 4) is 0 Å². The molecule has 0 saturated carbocycles.